The average molecular weight is 302 g/mol. The molecule has 0 unspecified atom stereocenters. The van der Waals surface area contributed by atoms with E-state index in [0.29, 0.717) is 29.3 Å². The van der Waals surface area contributed by atoms with Gasteiger partial charge >= 0.3 is 6.18 Å². The molecule has 0 aliphatic carbocycles. The molecule has 0 radical (unpaired) electrons. The second-order valence-electron chi connectivity index (χ2n) is 4.72. The smallest absolute Gasteiger partial charge is 0.359 e. The molecule has 0 saturated carbocycles. The topological polar surface area (TPSA) is 69.7 Å². The fourth-order valence-corrected chi connectivity index (χ4v) is 1.83. The Kier molecular flexibility index (Phi) is 4.49. The van der Waals surface area contributed by atoms with Crippen molar-refractivity contribution in [3.8, 4) is 0 Å². The molecule has 0 saturated heterocycles. The largest absolute Gasteiger partial charge is 0.390 e. The number of halogens is 3. The number of hydrogen-bond donors (Lipinski definition) is 2. The van der Waals surface area contributed by atoms with E-state index >= 15 is 0 Å². The van der Waals surface area contributed by atoms with Gasteiger partial charge in [0.2, 0.25) is 5.95 Å². The average Bonchev–Trinajstić information content (AvgIpc) is 2.89. The zero-order valence-electron chi connectivity index (χ0n) is 11.8. The highest BCUT2D eigenvalue weighted by atomic mass is 19.4. The van der Waals surface area contributed by atoms with Crippen LogP contribution in [-0.2, 0) is 0 Å². The van der Waals surface area contributed by atoms with E-state index in [2.05, 4.69) is 25.5 Å². The van der Waals surface area contributed by atoms with Crippen LogP contribution in [0.4, 0.5) is 24.9 Å². The standard InChI is InChI=1S/C12H17F3N6/c1-3-5-16-11-18-9-8(7-17-20-9)10(19-11)21(2)6-4-12(13,14)15/h7H,3-6H2,1-2H3,(H2,16,17,18,19,20). The number of alkyl halides is 3. The Morgan fingerprint density at radius 3 is 2.76 bits per heavy atom. The highest BCUT2D eigenvalue weighted by Crippen LogP contribution is 2.25. The van der Waals surface area contributed by atoms with Crippen LogP contribution in [0.15, 0.2) is 6.20 Å². The number of rotatable bonds is 6. The summed E-state index contributed by atoms with van der Waals surface area (Å²) in [5, 5.41) is 10.2. The number of hydrogen-bond acceptors (Lipinski definition) is 5. The van der Waals surface area contributed by atoms with Crippen LogP contribution in [0, 0.1) is 0 Å². The summed E-state index contributed by atoms with van der Waals surface area (Å²) in [6.07, 6.45) is -2.69. The van der Waals surface area contributed by atoms with Crippen LogP contribution in [0.25, 0.3) is 11.0 Å². The molecule has 0 atom stereocenters. The van der Waals surface area contributed by atoms with Gasteiger partial charge in [-0.3, -0.25) is 5.10 Å². The van der Waals surface area contributed by atoms with E-state index in [0.717, 1.165) is 6.42 Å². The van der Waals surface area contributed by atoms with Gasteiger partial charge in [-0.15, -0.1) is 0 Å². The Balaban J connectivity index is 2.25. The second-order valence-corrected chi connectivity index (χ2v) is 4.72. The molecule has 0 fully saturated rings. The predicted molar refractivity (Wildman–Crippen MR) is 74.4 cm³/mol. The highest BCUT2D eigenvalue weighted by molar-refractivity contribution is 5.87. The maximum absolute atomic E-state index is 12.3. The number of nitrogens with one attached hydrogen (secondary N) is 2. The van der Waals surface area contributed by atoms with Gasteiger partial charge in [0.05, 0.1) is 18.0 Å². The van der Waals surface area contributed by atoms with Gasteiger partial charge in [0.25, 0.3) is 0 Å². The molecule has 9 heteroatoms. The molecule has 0 aromatic carbocycles. The van der Waals surface area contributed by atoms with E-state index in [-0.39, 0.29) is 6.54 Å². The van der Waals surface area contributed by atoms with Gasteiger partial charge in [-0.2, -0.15) is 28.2 Å². The summed E-state index contributed by atoms with van der Waals surface area (Å²) in [7, 11) is 1.57. The van der Waals surface area contributed by atoms with Crippen molar-refractivity contribution in [2.24, 2.45) is 0 Å². The summed E-state index contributed by atoms with van der Waals surface area (Å²) in [6.45, 7) is 2.51. The Hall–Kier alpha value is -2.06. The maximum atomic E-state index is 12.3. The molecule has 2 aromatic rings. The van der Waals surface area contributed by atoms with Crippen LogP contribution in [0.1, 0.15) is 19.8 Å². The van der Waals surface area contributed by atoms with Gasteiger partial charge < -0.3 is 10.2 Å². The lowest BCUT2D eigenvalue weighted by Gasteiger charge is -2.20. The fourth-order valence-electron chi connectivity index (χ4n) is 1.83. The van der Waals surface area contributed by atoms with Crippen LogP contribution >= 0.6 is 0 Å². The molecule has 2 aromatic heterocycles. The van der Waals surface area contributed by atoms with Crippen LogP contribution in [-0.4, -0.2) is 46.5 Å². The van der Waals surface area contributed by atoms with Crippen LogP contribution in [0.2, 0.25) is 0 Å². The summed E-state index contributed by atoms with van der Waals surface area (Å²) < 4.78 is 37.0. The van der Waals surface area contributed by atoms with Crippen molar-refractivity contribution in [1.82, 2.24) is 20.2 Å². The second kappa shape index (κ2) is 6.15. The Morgan fingerprint density at radius 2 is 2.10 bits per heavy atom. The quantitative estimate of drug-likeness (QED) is 0.858. The van der Waals surface area contributed by atoms with Gasteiger partial charge in [0.15, 0.2) is 5.65 Å². The number of aromatic nitrogens is 4. The lowest BCUT2D eigenvalue weighted by molar-refractivity contribution is -0.132. The molecule has 116 valence electrons. The molecule has 0 spiro atoms. The van der Waals surface area contributed by atoms with E-state index in [4.69, 9.17) is 0 Å². The summed E-state index contributed by atoms with van der Waals surface area (Å²) in [5.41, 5.74) is 0.498. The van der Waals surface area contributed by atoms with Crippen molar-refractivity contribution in [2.45, 2.75) is 25.9 Å². The molecule has 6 nitrogen and oxygen atoms in total. The van der Waals surface area contributed by atoms with Crippen molar-refractivity contribution in [3.05, 3.63) is 6.20 Å². The summed E-state index contributed by atoms with van der Waals surface area (Å²) in [6, 6.07) is 0. The SMILES string of the molecule is CCCNc1nc(N(C)CCC(F)(F)F)c2cn[nH]c2n1. The van der Waals surface area contributed by atoms with Crippen LogP contribution in [0.5, 0.6) is 0 Å². The third-order valence-corrected chi connectivity index (χ3v) is 2.92. The van der Waals surface area contributed by atoms with E-state index in [1.165, 1.54) is 11.1 Å². The minimum absolute atomic E-state index is 0.173. The number of aromatic amines is 1. The lowest BCUT2D eigenvalue weighted by atomic mass is 10.3. The highest BCUT2D eigenvalue weighted by Gasteiger charge is 2.28. The van der Waals surface area contributed by atoms with Crippen LogP contribution < -0.4 is 10.2 Å². The Morgan fingerprint density at radius 1 is 1.33 bits per heavy atom. The predicted octanol–water partition coefficient (Wildman–Crippen LogP) is 2.56. The number of fused-ring (bicyclic) bond motifs is 1. The minimum atomic E-state index is -4.19. The van der Waals surface area contributed by atoms with Gasteiger partial charge in [0.1, 0.15) is 5.82 Å². The molecular formula is C12H17F3N6. The zero-order chi connectivity index (χ0) is 15.5. The van der Waals surface area contributed by atoms with Gasteiger partial charge in [-0.05, 0) is 6.42 Å². The first-order valence-corrected chi connectivity index (χ1v) is 6.63. The lowest BCUT2D eigenvalue weighted by Crippen LogP contribution is -2.25. The van der Waals surface area contributed by atoms with E-state index < -0.39 is 12.6 Å². The minimum Gasteiger partial charge on any atom is -0.359 e. The van der Waals surface area contributed by atoms with Gasteiger partial charge in [-0.1, -0.05) is 6.92 Å². The molecule has 0 bridgehead atoms. The maximum Gasteiger partial charge on any atom is 0.390 e. The van der Waals surface area contributed by atoms with Gasteiger partial charge in [0, 0.05) is 20.1 Å². The summed E-state index contributed by atoms with van der Waals surface area (Å²) in [4.78, 5) is 9.99. The molecule has 2 N–H and O–H groups in total. The van der Waals surface area contributed by atoms with Gasteiger partial charge in [-0.25, -0.2) is 0 Å². The normalized spacial score (nSPS) is 11.9. The summed E-state index contributed by atoms with van der Waals surface area (Å²) >= 11 is 0. The van der Waals surface area contributed by atoms with Crippen molar-refractivity contribution in [2.75, 3.05) is 30.4 Å². The van der Waals surface area contributed by atoms with Crippen molar-refractivity contribution < 1.29 is 13.2 Å². The third kappa shape index (κ3) is 3.96. The number of anilines is 2. The molecule has 0 aliphatic heterocycles. The van der Waals surface area contributed by atoms with E-state index in [9.17, 15) is 13.2 Å². The molecule has 0 aliphatic rings. The number of nitrogens with zero attached hydrogens (tertiary/aromatic N) is 4. The van der Waals surface area contributed by atoms with Crippen LogP contribution in [0.3, 0.4) is 0 Å². The van der Waals surface area contributed by atoms with E-state index in [1.807, 2.05) is 6.92 Å². The van der Waals surface area contributed by atoms with Crippen molar-refractivity contribution in [3.63, 3.8) is 0 Å². The first-order chi connectivity index (χ1) is 9.90. The monoisotopic (exact) mass is 302 g/mol. The van der Waals surface area contributed by atoms with Crippen molar-refractivity contribution >= 4 is 22.8 Å². The Bertz CT molecular complexity index is 594. The molecular weight excluding hydrogens is 285 g/mol. The third-order valence-electron chi connectivity index (χ3n) is 2.92. The zero-order valence-corrected chi connectivity index (χ0v) is 11.8. The Labute approximate surface area is 119 Å². The summed E-state index contributed by atoms with van der Waals surface area (Å²) in [5.74, 6) is 0.805. The first kappa shape index (κ1) is 15.3. The first-order valence-electron chi connectivity index (χ1n) is 6.63. The molecule has 0 amide bonds. The molecule has 2 rings (SSSR count). The molecule has 2 heterocycles. The van der Waals surface area contributed by atoms with E-state index in [1.54, 1.807) is 7.05 Å². The van der Waals surface area contributed by atoms with Crippen molar-refractivity contribution in [1.29, 1.82) is 0 Å². The molecule has 21 heavy (non-hydrogen) atoms. The fraction of sp³-hybridized carbons (Fsp3) is 0.583. The number of H-pyrrole nitrogens is 1.